The van der Waals surface area contributed by atoms with Gasteiger partial charge in [0.25, 0.3) is 0 Å². The Bertz CT molecular complexity index is 1260. The lowest BCUT2D eigenvalue weighted by atomic mass is 9.58. The molecule has 2 saturated heterocycles. The van der Waals surface area contributed by atoms with Crippen LogP contribution in [0.4, 0.5) is 0 Å². The molecule has 8 rings (SSSR count). The molecular weight excluding hydrogens is 428 g/mol. The summed E-state index contributed by atoms with van der Waals surface area (Å²) in [6, 6.07) is 9.99. The molecule has 3 heteroatoms. The van der Waals surface area contributed by atoms with Crippen LogP contribution in [0.2, 0.25) is 0 Å². The number of ether oxygens (including phenoxy) is 1. The van der Waals surface area contributed by atoms with Crippen molar-refractivity contribution < 1.29 is 4.74 Å². The summed E-state index contributed by atoms with van der Waals surface area (Å²) in [5.74, 6) is 1.22. The number of benzene rings is 1. The number of rotatable bonds is 2. The molecule has 2 aromatic rings. The smallest absolute Gasteiger partial charge is 0.0974 e. The largest absolute Gasteiger partial charge is 0.359 e. The monoisotopic (exact) mass is 466 g/mol. The van der Waals surface area contributed by atoms with Crippen molar-refractivity contribution in [3.05, 3.63) is 65.5 Å². The fourth-order valence-corrected chi connectivity index (χ4v) is 9.67. The summed E-state index contributed by atoms with van der Waals surface area (Å²) in [4.78, 5) is 7.18. The van der Waals surface area contributed by atoms with Crippen LogP contribution in [0.25, 0.3) is 10.8 Å². The van der Waals surface area contributed by atoms with Gasteiger partial charge in [-0.1, -0.05) is 31.2 Å². The number of nitrogens with zero attached hydrogens (tertiary/aromatic N) is 2. The van der Waals surface area contributed by atoms with E-state index in [4.69, 9.17) is 4.74 Å². The zero-order chi connectivity index (χ0) is 23.3. The van der Waals surface area contributed by atoms with Crippen LogP contribution >= 0.6 is 0 Å². The number of fused-ring (bicyclic) bond motifs is 2. The van der Waals surface area contributed by atoms with E-state index in [1.807, 2.05) is 12.4 Å². The Hall–Kier alpha value is -1.97. The van der Waals surface area contributed by atoms with Crippen molar-refractivity contribution in [3.63, 3.8) is 0 Å². The maximum absolute atomic E-state index is 7.53. The number of hydrogen-bond donors (Lipinski definition) is 0. The first kappa shape index (κ1) is 21.1. The lowest BCUT2D eigenvalue weighted by Gasteiger charge is -2.55. The molecule has 1 aromatic carbocycles. The van der Waals surface area contributed by atoms with E-state index in [1.54, 1.807) is 11.1 Å². The van der Waals surface area contributed by atoms with Gasteiger partial charge in [0.15, 0.2) is 0 Å². The minimum atomic E-state index is -0.0451. The molecule has 0 N–H and O–H groups in total. The van der Waals surface area contributed by atoms with Gasteiger partial charge in [-0.25, -0.2) is 0 Å². The predicted octanol–water partition coefficient (Wildman–Crippen LogP) is 6.94. The minimum absolute atomic E-state index is 0.0216. The summed E-state index contributed by atoms with van der Waals surface area (Å²) >= 11 is 0. The topological polar surface area (TPSA) is 25.4 Å². The van der Waals surface area contributed by atoms with Crippen molar-refractivity contribution >= 4 is 10.8 Å². The van der Waals surface area contributed by atoms with Crippen LogP contribution < -0.4 is 0 Å². The lowest BCUT2D eigenvalue weighted by Crippen LogP contribution is -2.55. The fourth-order valence-electron chi connectivity index (χ4n) is 9.67. The number of pyridine rings is 1. The second-order valence-corrected chi connectivity index (χ2v) is 12.8. The second kappa shape index (κ2) is 7.29. The number of aromatic nitrogens is 1. The number of allylic oxidation sites excluding steroid dienone is 1. The number of hydrogen-bond acceptors (Lipinski definition) is 3. The molecule has 182 valence electrons. The van der Waals surface area contributed by atoms with E-state index in [2.05, 4.69) is 53.2 Å². The molecular formula is C32H38N2O. The van der Waals surface area contributed by atoms with Gasteiger partial charge in [0.2, 0.25) is 0 Å². The SMILES string of the molecule is C[C@]12CC=C3C=C4CC[C@@H](N5CCCC5)C[C@]45CCC3(O5)[C@@H]1CC[C@@H]2c1ccc2ccncc2c1. The van der Waals surface area contributed by atoms with E-state index < -0.39 is 0 Å². The molecule has 3 nitrogen and oxygen atoms in total. The molecule has 3 aliphatic carbocycles. The average molecular weight is 467 g/mol. The van der Waals surface area contributed by atoms with Gasteiger partial charge < -0.3 is 9.64 Å². The molecule has 4 heterocycles. The van der Waals surface area contributed by atoms with Crippen molar-refractivity contribution in [2.75, 3.05) is 13.1 Å². The highest BCUT2D eigenvalue weighted by Gasteiger charge is 2.66. The van der Waals surface area contributed by atoms with Crippen molar-refractivity contribution in [2.24, 2.45) is 11.3 Å². The molecule has 2 saturated carbocycles. The molecule has 6 atom stereocenters. The number of likely N-dealkylation sites (tertiary alicyclic amines) is 1. The predicted molar refractivity (Wildman–Crippen MR) is 140 cm³/mol. The third-order valence-corrected chi connectivity index (χ3v) is 11.4. The van der Waals surface area contributed by atoms with Crippen LogP contribution in [-0.4, -0.2) is 40.2 Å². The summed E-state index contributed by atoms with van der Waals surface area (Å²) in [6.45, 7) is 5.20. The van der Waals surface area contributed by atoms with Crippen molar-refractivity contribution in [2.45, 2.75) is 94.3 Å². The first-order valence-electron chi connectivity index (χ1n) is 14.3. The molecule has 0 radical (unpaired) electrons. The molecule has 2 spiro atoms. The van der Waals surface area contributed by atoms with E-state index in [1.165, 1.54) is 93.6 Å². The molecule has 3 aliphatic heterocycles. The van der Waals surface area contributed by atoms with E-state index in [0.29, 0.717) is 11.8 Å². The standard InChI is InChI=1S/C32H38N2O/c1-30-12-10-26-19-25-6-7-27(34-16-2-3-17-34)20-31(25)13-14-32(26,35-31)29(30)9-8-28(30)23-5-4-22-11-15-33-21-24(22)18-23/h4-5,10-11,15,18-19,21,27-29H,2-3,6-9,12-14,16-17,20H2,1H3/t27-,28-,29-,30-,31-,32?/m1/s1. The van der Waals surface area contributed by atoms with Gasteiger partial charge in [0, 0.05) is 23.8 Å². The first-order chi connectivity index (χ1) is 17.1. The third-order valence-electron chi connectivity index (χ3n) is 11.4. The van der Waals surface area contributed by atoms with Crippen LogP contribution in [0, 0.1) is 11.3 Å². The Balaban J connectivity index is 1.15. The first-order valence-corrected chi connectivity index (χ1v) is 14.3. The highest BCUT2D eigenvalue weighted by atomic mass is 16.5. The Morgan fingerprint density at radius 3 is 2.86 bits per heavy atom. The van der Waals surface area contributed by atoms with Crippen molar-refractivity contribution in [3.8, 4) is 0 Å². The molecule has 0 amide bonds. The summed E-state index contributed by atoms with van der Waals surface area (Å²) in [5.41, 5.74) is 4.93. The van der Waals surface area contributed by atoms with E-state index in [-0.39, 0.29) is 16.6 Å². The maximum Gasteiger partial charge on any atom is 0.0974 e. The van der Waals surface area contributed by atoms with Crippen LogP contribution in [0.5, 0.6) is 0 Å². The van der Waals surface area contributed by atoms with Gasteiger partial charge in [-0.15, -0.1) is 0 Å². The third kappa shape index (κ3) is 2.83. The maximum atomic E-state index is 7.53. The van der Waals surface area contributed by atoms with Gasteiger partial charge in [-0.05, 0) is 129 Å². The minimum Gasteiger partial charge on any atom is -0.359 e. The summed E-state index contributed by atoms with van der Waals surface area (Å²) in [6.07, 6.45) is 22.0. The zero-order valence-electron chi connectivity index (χ0n) is 21.1. The Morgan fingerprint density at radius 2 is 1.94 bits per heavy atom. The Morgan fingerprint density at radius 1 is 1.03 bits per heavy atom. The average Bonchev–Trinajstić information content (AvgIpc) is 3.60. The van der Waals surface area contributed by atoms with Crippen molar-refractivity contribution in [1.29, 1.82) is 0 Å². The highest BCUT2D eigenvalue weighted by molar-refractivity contribution is 5.82. The van der Waals surface area contributed by atoms with E-state index >= 15 is 0 Å². The summed E-state index contributed by atoms with van der Waals surface area (Å²) in [5, 5.41) is 2.57. The van der Waals surface area contributed by atoms with Crippen LogP contribution in [-0.2, 0) is 4.74 Å². The van der Waals surface area contributed by atoms with Gasteiger partial charge in [0.1, 0.15) is 0 Å². The van der Waals surface area contributed by atoms with Crippen molar-refractivity contribution in [1.82, 2.24) is 9.88 Å². The normalized spacial score (nSPS) is 42.4. The second-order valence-electron chi connectivity index (χ2n) is 12.8. The molecule has 2 bridgehead atoms. The Kier molecular flexibility index (Phi) is 4.41. The van der Waals surface area contributed by atoms with E-state index in [9.17, 15) is 0 Å². The Labute approximate surface area is 209 Å². The zero-order valence-corrected chi connectivity index (χ0v) is 21.1. The molecule has 35 heavy (non-hydrogen) atoms. The van der Waals surface area contributed by atoms with Gasteiger partial charge in [-0.3, -0.25) is 4.98 Å². The summed E-state index contributed by atoms with van der Waals surface area (Å²) < 4.78 is 7.53. The van der Waals surface area contributed by atoms with Crippen LogP contribution in [0.15, 0.2) is 60.0 Å². The summed E-state index contributed by atoms with van der Waals surface area (Å²) in [7, 11) is 0. The van der Waals surface area contributed by atoms with Gasteiger partial charge in [-0.2, -0.15) is 0 Å². The van der Waals surface area contributed by atoms with Gasteiger partial charge >= 0.3 is 0 Å². The fraction of sp³-hybridized carbons (Fsp3) is 0.594. The quantitative estimate of drug-likeness (QED) is 0.479. The lowest BCUT2D eigenvalue weighted by molar-refractivity contribution is -0.140. The van der Waals surface area contributed by atoms with Gasteiger partial charge in [0.05, 0.1) is 11.2 Å². The molecule has 4 fully saturated rings. The van der Waals surface area contributed by atoms with Crippen LogP contribution in [0.1, 0.15) is 82.6 Å². The highest BCUT2D eigenvalue weighted by Crippen LogP contribution is 2.69. The molecule has 1 unspecified atom stereocenters. The molecule has 6 aliphatic rings. The molecule has 1 aromatic heterocycles. The van der Waals surface area contributed by atoms with E-state index in [0.717, 1.165) is 6.04 Å². The van der Waals surface area contributed by atoms with Crippen LogP contribution in [0.3, 0.4) is 0 Å².